The van der Waals surface area contributed by atoms with Crippen molar-refractivity contribution in [2.45, 2.75) is 58.5 Å². The predicted molar refractivity (Wildman–Crippen MR) is 161 cm³/mol. The number of anilines is 1. The van der Waals surface area contributed by atoms with Gasteiger partial charge in [0.05, 0.1) is 15.6 Å². The Morgan fingerprint density at radius 1 is 0.925 bits per heavy atom. The summed E-state index contributed by atoms with van der Waals surface area (Å²) in [4.78, 5) is 28.9. The van der Waals surface area contributed by atoms with Gasteiger partial charge in [-0.1, -0.05) is 86.5 Å². The van der Waals surface area contributed by atoms with Crippen LogP contribution in [0.1, 0.15) is 43.9 Å². The molecule has 40 heavy (non-hydrogen) atoms. The Labute approximate surface area is 243 Å². The van der Waals surface area contributed by atoms with E-state index in [9.17, 15) is 18.0 Å². The number of carbonyl (C=O) groups excluding carboxylic acids is 2. The van der Waals surface area contributed by atoms with Crippen LogP contribution in [0.5, 0.6) is 0 Å². The summed E-state index contributed by atoms with van der Waals surface area (Å²) in [6, 6.07) is 19.8. The fourth-order valence-corrected chi connectivity index (χ4v) is 6.04. The molecule has 3 rings (SSSR count). The highest BCUT2D eigenvalue weighted by atomic mass is 35.5. The number of benzene rings is 3. The number of rotatable bonds is 12. The number of para-hydroxylation sites is 1. The van der Waals surface area contributed by atoms with Crippen LogP contribution in [-0.4, -0.2) is 44.3 Å². The Bertz CT molecular complexity index is 1420. The van der Waals surface area contributed by atoms with Crippen LogP contribution in [0.4, 0.5) is 5.69 Å². The number of amides is 2. The van der Waals surface area contributed by atoms with Crippen molar-refractivity contribution in [3.05, 3.63) is 94.5 Å². The SMILES string of the molecule is CCC(C(=O)NCC(C)C)N(Cc1ccccc1C)C(=O)CN(c1ccccc1Cl)S(=O)(=O)c1ccc(C)cc1. The molecule has 0 aromatic heterocycles. The minimum Gasteiger partial charge on any atom is -0.354 e. The maximum atomic E-state index is 14.1. The zero-order chi connectivity index (χ0) is 29.4. The molecule has 7 nitrogen and oxygen atoms in total. The fraction of sp³-hybridized carbons (Fsp3) is 0.355. The summed E-state index contributed by atoms with van der Waals surface area (Å²) in [7, 11) is -4.18. The smallest absolute Gasteiger partial charge is 0.264 e. The molecule has 9 heteroatoms. The van der Waals surface area contributed by atoms with Crippen LogP contribution in [0.25, 0.3) is 0 Å². The van der Waals surface area contributed by atoms with Gasteiger partial charge in [0, 0.05) is 13.1 Å². The third-order valence-corrected chi connectivity index (χ3v) is 8.77. The van der Waals surface area contributed by atoms with Crippen molar-refractivity contribution >= 4 is 39.1 Å². The quantitative estimate of drug-likeness (QED) is 0.295. The first-order valence-electron chi connectivity index (χ1n) is 13.4. The molecular weight excluding hydrogens is 546 g/mol. The lowest BCUT2D eigenvalue weighted by Gasteiger charge is -2.33. The van der Waals surface area contributed by atoms with Gasteiger partial charge in [-0.2, -0.15) is 0 Å². The molecule has 3 aromatic carbocycles. The van der Waals surface area contributed by atoms with E-state index in [4.69, 9.17) is 11.6 Å². The van der Waals surface area contributed by atoms with Crippen LogP contribution in [0.2, 0.25) is 5.02 Å². The van der Waals surface area contributed by atoms with Crippen molar-refractivity contribution in [3.63, 3.8) is 0 Å². The summed E-state index contributed by atoms with van der Waals surface area (Å²) < 4.78 is 28.9. The van der Waals surface area contributed by atoms with Crippen LogP contribution in [-0.2, 0) is 26.2 Å². The number of halogens is 1. The number of hydrogen-bond donors (Lipinski definition) is 1. The standard InChI is InChI=1S/C31H38ClN3O4S/c1-6-28(31(37)33-19-22(2)3)34(20-25-12-8-7-11-24(25)5)30(36)21-35(29-14-10-9-13-27(29)32)40(38,39)26-17-15-23(4)16-18-26/h7-18,22,28H,6,19-21H2,1-5H3,(H,33,37). The van der Waals surface area contributed by atoms with Crippen molar-refractivity contribution in [1.82, 2.24) is 10.2 Å². The second kappa shape index (κ2) is 13.8. The Balaban J connectivity index is 2.07. The maximum Gasteiger partial charge on any atom is 0.264 e. The summed E-state index contributed by atoms with van der Waals surface area (Å²) in [6.07, 6.45) is 0.359. The van der Waals surface area contributed by atoms with Gasteiger partial charge in [-0.25, -0.2) is 8.42 Å². The first-order chi connectivity index (χ1) is 18.9. The van der Waals surface area contributed by atoms with Gasteiger partial charge in [0.2, 0.25) is 11.8 Å². The van der Waals surface area contributed by atoms with Crippen LogP contribution in [0.3, 0.4) is 0 Å². The van der Waals surface area contributed by atoms with Crippen LogP contribution < -0.4 is 9.62 Å². The normalized spacial score (nSPS) is 12.2. The van der Waals surface area contributed by atoms with Crippen LogP contribution in [0.15, 0.2) is 77.7 Å². The van der Waals surface area contributed by atoms with E-state index in [0.717, 1.165) is 21.0 Å². The van der Waals surface area contributed by atoms with E-state index in [0.29, 0.717) is 13.0 Å². The summed E-state index contributed by atoms with van der Waals surface area (Å²) in [5.74, 6) is -0.549. The zero-order valence-corrected chi connectivity index (χ0v) is 25.3. The monoisotopic (exact) mass is 583 g/mol. The fourth-order valence-electron chi connectivity index (χ4n) is 4.32. The minimum atomic E-state index is -4.18. The second-order valence-electron chi connectivity index (χ2n) is 10.3. The molecule has 2 amide bonds. The van der Waals surface area contributed by atoms with Crippen molar-refractivity contribution in [1.29, 1.82) is 0 Å². The number of sulfonamides is 1. The summed E-state index contributed by atoms with van der Waals surface area (Å²) in [5, 5.41) is 3.13. The Morgan fingerprint density at radius 3 is 2.15 bits per heavy atom. The largest absolute Gasteiger partial charge is 0.354 e. The topological polar surface area (TPSA) is 86.8 Å². The van der Waals surface area contributed by atoms with Gasteiger partial charge < -0.3 is 10.2 Å². The first kappa shape index (κ1) is 31.2. The van der Waals surface area contributed by atoms with E-state index in [1.807, 2.05) is 58.9 Å². The van der Waals surface area contributed by atoms with E-state index in [2.05, 4.69) is 5.32 Å². The van der Waals surface area contributed by atoms with Crippen molar-refractivity contribution in [3.8, 4) is 0 Å². The molecule has 3 aromatic rings. The molecule has 0 aliphatic heterocycles. The highest BCUT2D eigenvalue weighted by Crippen LogP contribution is 2.31. The number of nitrogens with zero attached hydrogens (tertiary/aromatic N) is 2. The molecule has 0 saturated heterocycles. The van der Waals surface area contributed by atoms with Gasteiger partial charge in [0.15, 0.2) is 0 Å². The van der Waals surface area contributed by atoms with Gasteiger partial charge in [-0.3, -0.25) is 13.9 Å². The molecule has 0 spiro atoms. The Kier molecular flexibility index (Phi) is 10.8. The Hall–Kier alpha value is -3.36. The van der Waals surface area contributed by atoms with Crippen molar-refractivity contribution < 1.29 is 18.0 Å². The molecule has 1 atom stereocenters. The van der Waals surface area contributed by atoms with Crippen molar-refractivity contribution in [2.24, 2.45) is 5.92 Å². The molecule has 0 bridgehead atoms. The third-order valence-electron chi connectivity index (χ3n) is 6.68. The first-order valence-corrected chi connectivity index (χ1v) is 15.2. The highest BCUT2D eigenvalue weighted by Gasteiger charge is 2.34. The predicted octanol–water partition coefficient (Wildman–Crippen LogP) is 5.73. The van der Waals surface area contributed by atoms with E-state index < -0.39 is 28.5 Å². The molecule has 1 N–H and O–H groups in total. The lowest BCUT2D eigenvalue weighted by atomic mass is 10.1. The number of nitrogens with one attached hydrogen (secondary N) is 1. The third kappa shape index (κ3) is 7.64. The molecule has 0 aliphatic carbocycles. The van der Waals surface area contributed by atoms with Gasteiger partial charge in [-0.05, 0) is 61.6 Å². The molecular formula is C31H38ClN3O4S. The van der Waals surface area contributed by atoms with Crippen molar-refractivity contribution in [2.75, 3.05) is 17.4 Å². The van der Waals surface area contributed by atoms with Gasteiger partial charge in [-0.15, -0.1) is 0 Å². The average Bonchev–Trinajstić information content (AvgIpc) is 2.92. The molecule has 1 unspecified atom stereocenters. The van der Waals surface area contributed by atoms with E-state index in [1.165, 1.54) is 17.0 Å². The number of carbonyl (C=O) groups is 2. The molecule has 0 saturated carbocycles. The van der Waals surface area contributed by atoms with E-state index in [1.54, 1.807) is 36.4 Å². The average molecular weight is 584 g/mol. The van der Waals surface area contributed by atoms with Gasteiger partial charge >= 0.3 is 0 Å². The van der Waals surface area contributed by atoms with Gasteiger partial charge in [0.1, 0.15) is 12.6 Å². The lowest BCUT2D eigenvalue weighted by molar-refractivity contribution is -0.140. The molecule has 0 aliphatic rings. The van der Waals surface area contributed by atoms with Gasteiger partial charge in [0.25, 0.3) is 10.0 Å². The summed E-state index contributed by atoms with van der Waals surface area (Å²) in [6.45, 7) is 9.73. The summed E-state index contributed by atoms with van der Waals surface area (Å²) >= 11 is 6.47. The highest BCUT2D eigenvalue weighted by molar-refractivity contribution is 7.92. The summed E-state index contributed by atoms with van der Waals surface area (Å²) in [5.41, 5.74) is 2.93. The zero-order valence-electron chi connectivity index (χ0n) is 23.7. The van der Waals surface area contributed by atoms with E-state index >= 15 is 0 Å². The van der Waals surface area contributed by atoms with E-state index in [-0.39, 0.29) is 34.0 Å². The van der Waals surface area contributed by atoms with Crippen LogP contribution >= 0.6 is 11.6 Å². The number of hydrogen-bond acceptors (Lipinski definition) is 4. The lowest BCUT2D eigenvalue weighted by Crippen LogP contribution is -2.52. The molecule has 0 radical (unpaired) electrons. The maximum absolute atomic E-state index is 14.1. The molecule has 0 heterocycles. The molecule has 0 fully saturated rings. The second-order valence-corrected chi connectivity index (χ2v) is 12.6. The Morgan fingerprint density at radius 2 is 1.55 bits per heavy atom. The number of aryl methyl sites for hydroxylation is 2. The van der Waals surface area contributed by atoms with Crippen LogP contribution in [0, 0.1) is 19.8 Å². The minimum absolute atomic E-state index is 0.0398. The molecule has 214 valence electrons.